The highest BCUT2D eigenvalue weighted by Crippen LogP contribution is 2.11. The van der Waals surface area contributed by atoms with Gasteiger partial charge in [-0.15, -0.1) is 0 Å². The molecule has 4 unspecified atom stereocenters. The van der Waals surface area contributed by atoms with Crippen molar-refractivity contribution in [1.82, 2.24) is 5.32 Å². The second-order valence-electron chi connectivity index (χ2n) is 10.1. The fourth-order valence-electron chi connectivity index (χ4n) is 3.97. The van der Waals surface area contributed by atoms with Crippen molar-refractivity contribution in [3.05, 3.63) is 48.6 Å². The fraction of sp³-hybridized carbons (Fsp3) is 0.719. The number of nitrogens with one attached hydrogen (secondary N) is 1. The van der Waals surface area contributed by atoms with Gasteiger partial charge in [-0.25, -0.2) is 0 Å². The number of rotatable bonds is 25. The maximum atomic E-state index is 12.3. The molecule has 0 aromatic carbocycles. The molecule has 0 aliphatic heterocycles. The maximum Gasteiger partial charge on any atom is 0.249 e. The Balaban J connectivity index is 4.07. The summed E-state index contributed by atoms with van der Waals surface area (Å²) in [6.07, 6.45) is 28.6. The molecule has 0 bridgehead atoms. The number of hydrogen-bond donors (Lipinski definition) is 5. The zero-order chi connectivity index (χ0) is 28.3. The van der Waals surface area contributed by atoms with E-state index in [1.807, 2.05) is 6.08 Å². The van der Waals surface area contributed by atoms with Crippen LogP contribution in [0.5, 0.6) is 0 Å². The smallest absolute Gasteiger partial charge is 0.249 e. The monoisotopic (exact) mass is 535 g/mol. The van der Waals surface area contributed by atoms with Crippen molar-refractivity contribution >= 4 is 5.91 Å². The molecular formula is C32H57NO5. The van der Waals surface area contributed by atoms with Crippen LogP contribution in [0.15, 0.2) is 48.6 Å². The topological polar surface area (TPSA) is 110 Å². The van der Waals surface area contributed by atoms with Crippen LogP contribution in [0.1, 0.15) is 117 Å². The molecule has 0 aliphatic carbocycles. The zero-order valence-electron chi connectivity index (χ0n) is 24.1. The summed E-state index contributed by atoms with van der Waals surface area (Å²) in [5, 5.41) is 42.9. The van der Waals surface area contributed by atoms with E-state index < -0.39 is 36.9 Å². The Bertz CT molecular complexity index is 658. The molecule has 0 aromatic heterocycles. The Morgan fingerprint density at radius 3 is 1.71 bits per heavy atom. The van der Waals surface area contributed by atoms with E-state index in [9.17, 15) is 25.2 Å². The Morgan fingerprint density at radius 1 is 0.632 bits per heavy atom. The predicted octanol–water partition coefficient (Wildman–Crippen LogP) is 6.05. The SMILES string of the molecule is CCC/C=C/CC/C=C/CC/C=C/CCCC(O)C(O)C(CO)NC(=O)C(O)CC/C=C\CCCCCC. The summed E-state index contributed by atoms with van der Waals surface area (Å²) in [5.74, 6) is -0.642. The third kappa shape index (κ3) is 21.2. The third-order valence-corrected chi connectivity index (χ3v) is 6.46. The van der Waals surface area contributed by atoms with E-state index in [0.717, 1.165) is 51.4 Å². The van der Waals surface area contributed by atoms with Crippen molar-refractivity contribution < 1.29 is 25.2 Å². The largest absolute Gasteiger partial charge is 0.394 e. The van der Waals surface area contributed by atoms with Crippen molar-refractivity contribution in [2.24, 2.45) is 0 Å². The van der Waals surface area contributed by atoms with Gasteiger partial charge in [-0.2, -0.15) is 0 Å². The first-order valence-corrected chi connectivity index (χ1v) is 15.0. The van der Waals surface area contributed by atoms with Crippen molar-refractivity contribution in [3.8, 4) is 0 Å². The van der Waals surface area contributed by atoms with Crippen molar-refractivity contribution in [3.63, 3.8) is 0 Å². The van der Waals surface area contributed by atoms with E-state index in [1.165, 1.54) is 25.7 Å². The molecule has 0 rings (SSSR count). The van der Waals surface area contributed by atoms with Crippen LogP contribution in [-0.4, -0.2) is 57.3 Å². The predicted molar refractivity (Wildman–Crippen MR) is 159 cm³/mol. The van der Waals surface area contributed by atoms with Gasteiger partial charge in [0.15, 0.2) is 0 Å². The fourth-order valence-corrected chi connectivity index (χ4v) is 3.97. The summed E-state index contributed by atoms with van der Waals surface area (Å²) in [6.45, 7) is 3.85. The van der Waals surface area contributed by atoms with Gasteiger partial charge in [0.05, 0.1) is 18.8 Å². The van der Waals surface area contributed by atoms with Crippen molar-refractivity contribution in [1.29, 1.82) is 0 Å². The van der Waals surface area contributed by atoms with Gasteiger partial charge in [0, 0.05) is 0 Å². The molecule has 0 aromatic rings. The van der Waals surface area contributed by atoms with Gasteiger partial charge in [0.25, 0.3) is 0 Å². The highest BCUT2D eigenvalue weighted by atomic mass is 16.3. The van der Waals surface area contributed by atoms with Crippen LogP contribution in [0.3, 0.4) is 0 Å². The van der Waals surface area contributed by atoms with Crippen LogP contribution < -0.4 is 5.32 Å². The number of carbonyl (C=O) groups excluding carboxylic acids is 1. The molecule has 0 fully saturated rings. The number of aliphatic hydroxyl groups is 4. The Hall–Kier alpha value is -1.73. The minimum Gasteiger partial charge on any atom is -0.394 e. The Kier molecular flexibility index (Phi) is 25.6. The first-order chi connectivity index (χ1) is 18.5. The summed E-state index contributed by atoms with van der Waals surface area (Å²) < 4.78 is 0. The number of amides is 1. The third-order valence-electron chi connectivity index (χ3n) is 6.46. The standard InChI is InChI=1S/C32H57NO5/c1-3-5-7-9-11-13-14-15-16-17-18-20-21-23-25-29(35)31(37)28(27-34)33-32(38)30(36)26-24-22-19-12-10-8-6-4-2/h7,9,14-15,18-20,22,28-31,34-37H,3-6,8,10-13,16-17,21,23-27H2,1-2H3,(H,33,38)/b9-7+,15-14+,20-18+,22-19-. The second-order valence-corrected chi connectivity index (χ2v) is 10.1. The lowest BCUT2D eigenvalue weighted by Gasteiger charge is -2.27. The molecule has 5 N–H and O–H groups in total. The normalized spacial score (nSPS) is 15.6. The number of aliphatic hydroxyl groups excluding tert-OH is 4. The second kappa shape index (κ2) is 26.9. The zero-order valence-corrected chi connectivity index (χ0v) is 24.1. The first kappa shape index (κ1) is 36.3. The molecule has 0 saturated heterocycles. The number of allylic oxidation sites excluding steroid dienone is 8. The molecule has 38 heavy (non-hydrogen) atoms. The van der Waals surface area contributed by atoms with E-state index >= 15 is 0 Å². The maximum absolute atomic E-state index is 12.3. The van der Waals surface area contributed by atoms with E-state index in [2.05, 4.69) is 61.7 Å². The lowest BCUT2D eigenvalue weighted by atomic mass is 10.0. The van der Waals surface area contributed by atoms with Crippen LogP contribution >= 0.6 is 0 Å². The van der Waals surface area contributed by atoms with Gasteiger partial charge < -0.3 is 25.7 Å². The van der Waals surface area contributed by atoms with Crippen LogP contribution in [0.4, 0.5) is 0 Å². The van der Waals surface area contributed by atoms with Crippen LogP contribution in [0, 0.1) is 0 Å². The minimum absolute atomic E-state index is 0.270. The molecule has 6 heteroatoms. The first-order valence-electron chi connectivity index (χ1n) is 15.0. The number of carbonyl (C=O) groups is 1. The average molecular weight is 536 g/mol. The van der Waals surface area contributed by atoms with E-state index in [-0.39, 0.29) is 6.42 Å². The lowest BCUT2D eigenvalue weighted by molar-refractivity contribution is -0.132. The highest BCUT2D eigenvalue weighted by Gasteiger charge is 2.28. The molecular weight excluding hydrogens is 478 g/mol. The summed E-state index contributed by atoms with van der Waals surface area (Å²) >= 11 is 0. The van der Waals surface area contributed by atoms with Gasteiger partial charge in [0.1, 0.15) is 12.2 Å². The average Bonchev–Trinajstić information content (AvgIpc) is 2.92. The summed E-state index contributed by atoms with van der Waals surface area (Å²) in [4.78, 5) is 12.3. The van der Waals surface area contributed by atoms with E-state index in [0.29, 0.717) is 19.3 Å². The number of unbranched alkanes of at least 4 members (excludes halogenated alkanes) is 8. The summed E-state index contributed by atoms with van der Waals surface area (Å²) in [5.41, 5.74) is 0. The molecule has 4 atom stereocenters. The quantitative estimate of drug-likeness (QED) is 0.0722. The lowest BCUT2D eigenvalue weighted by Crippen LogP contribution is -2.53. The van der Waals surface area contributed by atoms with Crippen molar-refractivity contribution in [2.75, 3.05) is 6.61 Å². The van der Waals surface area contributed by atoms with Gasteiger partial charge in [-0.1, -0.05) is 88.1 Å². The van der Waals surface area contributed by atoms with Gasteiger partial charge in [-0.3, -0.25) is 4.79 Å². The van der Waals surface area contributed by atoms with Crippen molar-refractivity contribution in [2.45, 2.75) is 141 Å². The van der Waals surface area contributed by atoms with E-state index in [4.69, 9.17) is 0 Å². The minimum atomic E-state index is -1.30. The molecule has 0 spiro atoms. The summed E-state index contributed by atoms with van der Waals surface area (Å²) in [6, 6.07) is -1.02. The van der Waals surface area contributed by atoms with Gasteiger partial charge >= 0.3 is 0 Å². The molecule has 1 amide bonds. The van der Waals surface area contributed by atoms with Crippen LogP contribution in [-0.2, 0) is 4.79 Å². The van der Waals surface area contributed by atoms with Crippen LogP contribution in [0.25, 0.3) is 0 Å². The molecule has 0 radical (unpaired) electrons. The molecule has 220 valence electrons. The highest BCUT2D eigenvalue weighted by molar-refractivity contribution is 5.80. The number of hydrogen-bond acceptors (Lipinski definition) is 5. The Labute approximate surface area is 232 Å². The van der Waals surface area contributed by atoms with Crippen LogP contribution in [0.2, 0.25) is 0 Å². The van der Waals surface area contributed by atoms with Gasteiger partial charge in [0.2, 0.25) is 5.91 Å². The molecule has 0 aliphatic rings. The molecule has 0 saturated carbocycles. The Morgan fingerprint density at radius 2 is 1.16 bits per heavy atom. The van der Waals surface area contributed by atoms with Gasteiger partial charge in [-0.05, 0) is 77.0 Å². The summed E-state index contributed by atoms with van der Waals surface area (Å²) in [7, 11) is 0. The molecule has 0 heterocycles. The van der Waals surface area contributed by atoms with E-state index in [1.54, 1.807) is 0 Å². The molecule has 6 nitrogen and oxygen atoms in total.